The van der Waals surface area contributed by atoms with Crippen LogP contribution < -0.4 is 4.74 Å². The molecule has 1 heterocycles. The molecule has 0 saturated carbocycles. The first-order chi connectivity index (χ1) is 14.5. The Labute approximate surface area is 187 Å². The third kappa shape index (κ3) is 5.32. The number of furan rings is 1. The van der Waals surface area contributed by atoms with Crippen molar-refractivity contribution in [1.29, 1.82) is 0 Å². The number of benzene rings is 1. The molecule has 0 aliphatic rings. The molecular weight excluding hydrogens is 390 g/mol. The molecule has 1 N–H and O–H groups in total. The molecule has 1 aromatic heterocycles. The highest BCUT2D eigenvalue weighted by atomic mass is 16.5. The zero-order valence-electron chi connectivity index (χ0n) is 20.4. The summed E-state index contributed by atoms with van der Waals surface area (Å²) in [7, 11) is 3.44. The van der Waals surface area contributed by atoms with Crippen LogP contribution in [0.5, 0.6) is 5.75 Å². The summed E-state index contributed by atoms with van der Waals surface area (Å²) in [6, 6.07) is 9.96. The summed E-state index contributed by atoms with van der Waals surface area (Å²) in [6.45, 7) is 12.7. The molecule has 1 amide bonds. The molecule has 1 aromatic carbocycles. The van der Waals surface area contributed by atoms with Gasteiger partial charge in [-0.1, -0.05) is 53.7 Å². The smallest absolute Gasteiger partial charge is 0.289 e. The van der Waals surface area contributed by atoms with Crippen LogP contribution in [0.4, 0.5) is 0 Å². The van der Waals surface area contributed by atoms with E-state index in [1.54, 1.807) is 20.2 Å². The minimum Gasteiger partial charge on any atom is -0.491 e. The lowest BCUT2D eigenvalue weighted by Gasteiger charge is -2.31. The Bertz CT molecular complexity index is 872. The summed E-state index contributed by atoms with van der Waals surface area (Å²) in [5.74, 6) is 1.83. The van der Waals surface area contributed by atoms with Gasteiger partial charge in [-0.2, -0.15) is 0 Å². The molecule has 172 valence electrons. The van der Waals surface area contributed by atoms with Crippen LogP contribution in [0.1, 0.15) is 81.8 Å². The standard InChI is InChI=1S/C26H39NO4/c1-9-18-16-19(12-13-20(18)30-17-22(28)25(4,5)6)26(10-2,11-3)23-15-14-21(31-23)24(29)27(7)8/h12-16,22,28H,9-11,17H2,1-8H3. The first-order valence-corrected chi connectivity index (χ1v) is 11.3. The van der Waals surface area contributed by atoms with Crippen LogP contribution in [0.3, 0.4) is 0 Å². The molecular formula is C26H39NO4. The predicted octanol–water partition coefficient (Wildman–Crippen LogP) is 5.44. The number of ether oxygens (including phenoxy) is 1. The molecule has 0 saturated heterocycles. The van der Waals surface area contributed by atoms with Crippen LogP contribution in [0.25, 0.3) is 0 Å². The van der Waals surface area contributed by atoms with Crippen LogP contribution in [-0.4, -0.2) is 42.7 Å². The van der Waals surface area contributed by atoms with Gasteiger partial charge in [-0.25, -0.2) is 0 Å². The highest BCUT2D eigenvalue weighted by Gasteiger charge is 2.35. The number of aliphatic hydroxyl groups is 1. The molecule has 0 aliphatic carbocycles. The van der Waals surface area contributed by atoms with Gasteiger partial charge in [-0.15, -0.1) is 0 Å². The van der Waals surface area contributed by atoms with E-state index < -0.39 is 6.10 Å². The van der Waals surface area contributed by atoms with Crippen molar-refractivity contribution in [3.63, 3.8) is 0 Å². The molecule has 5 nitrogen and oxygen atoms in total. The maximum atomic E-state index is 12.3. The van der Waals surface area contributed by atoms with Gasteiger partial charge in [0.05, 0.1) is 11.5 Å². The summed E-state index contributed by atoms with van der Waals surface area (Å²) < 4.78 is 12.1. The van der Waals surface area contributed by atoms with Crippen molar-refractivity contribution in [2.75, 3.05) is 20.7 Å². The number of nitrogens with zero attached hydrogens (tertiary/aromatic N) is 1. The van der Waals surface area contributed by atoms with E-state index in [0.717, 1.165) is 41.9 Å². The molecule has 2 aromatic rings. The van der Waals surface area contributed by atoms with Crippen molar-refractivity contribution in [2.24, 2.45) is 5.41 Å². The van der Waals surface area contributed by atoms with Gasteiger partial charge >= 0.3 is 0 Å². The Hall–Kier alpha value is -2.27. The van der Waals surface area contributed by atoms with E-state index in [2.05, 4.69) is 32.9 Å². The second kappa shape index (κ2) is 9.90. The molecule has 0 spiro atoms. The Morgan fingerprint density at radius 1 is 1.10 bits per heavy atom. The van der Waals surface area contributed by atoms with Crippen LogP contribution in [0, 0.1) is 5.41 Å². The molecule has 1 unspecified atom stereocenters. The van der Waals surface area contributed by atoms with E-state index in [1.165, 1.54) is 4.90 Å². The van der Waals surface area contributed by atoms with Gasteiger partial charge in [0.25, 0.3) is 5.91 Å². The molecule has 5 heteroatoms. The second-order valence-corrected chi connectivity index (χ2v) is 9.52. The molecule has 0 radical (unpaired) electrons. The number of amides is 1. The average molecular weight is 430 g/mol. The SMILES string of the molecule is CCc1cc(C(CC)(CC)c2ccc(C(=O)N(C)C)o2)ccc1OCC(O)C(C)(C)C. The number of hydrogen-bond donors (Lipinski definition) is 1. The van der Waals surface area contributed by atoms with Gasteiger partial charge in [0.15, 0.2) is 5.76 Å². The fourth-order valence-electron chi connectivity index (χ4n) is 3.79. The summed E-state index contributed by atoms with van der Waals surface area (Å²) in [5, 5.41) is 10.3. The maximum absolute atomic E-state index is 12.3. The lowest BCUT2D eigenvalue weighted by molar-refractivity contribution is 0.0215. The summed E-state index contributed by atoms with van der Waals surface area (Å²) >= 11 is 0. The lowest BCUT2D eigenvalue weighted by Crippen LogP contribution is -2.32. The average Bonchev–Trinajstić information content (AvgIpc) is 3.22. The van der Waals surface area contributed by atoms with E-state index in [1.807, 2.05) is 32.9 Å². The largest absolute Gasteiger partial charge is 0.491 e. The van der Waals surface area contributed by atoms with Gasteiger partial charge < -0.3 is 19.2 Å². The quantitative estimate of drug-likeness (QED) is 0.577. The maximum Gasteiger partial charge on any atom is 0.289 e. The Kier molecular flexibility index (Phi) is 7.98. The van der Waals surface area contributed by atoms with Crippen molar-refractivity contribution in [1.82, 2.24) is 4.90 Å². The normalized spacial score (nSPS) is 13.2. The molecule has 0 fully saturated rings. The Morgan fingerprint density at radius 2 is 1.74 bits per heavy atom. The van der Waals surface area contributed by atoms with Crippen molar-refractivity contribution >= 4 is 5.91 Å². The minimum atomic E-state index is -0.543. The number of carbonyl (C=O) groups is 1. The van der Waals surface area contributed by atoms with E-state index in [0.29, 0.717) is 5.76 Å². The lowest BCUT2D eigenvalue weighted by atomic mass is 9.73. The summed E-state index contributed by atoms with van der Waals surface area (Å²) in [4.78, 5) is 13.9. The highest BCUT2D eigenvalue weighted by Crippen LogP contribution is 2.41. The van der Waals surface area contributed by atoms with Crippen molar-refractivity contribution in [2.45, 2.75) is 72.3 Å². The monoisotopic (exact) mass is 429 g/mol. The molecule has 1 atom stereocenters. The predicted molar refractivity (Wildman–Crippen MR) is 125 cm³/mol. The summed E-state index contributed by atoms with van der Waals surface area (Å²) in [6.07, 6.45) is 1.97. The van der Waals surface area contributed by atoms with Gasteiger partial charge in [0, 0.05) is 14.1 Å². The number of carbonyl (C=O) groups excluding carboxylic acids is 1. The number of rotatable bonds is 9. The van der Waals surface area contributed by atoms with E-state index >= 15 is 0 Å². The van der Waals surface area contributed by atoms with Crippen LogP contribution in [0.2, 0.25) is 0 Å². The zero-order chi connectivity index (χ0) is 23.4. The van der Waals surface area contributed by atoms with Crippen molar-refractivity contribution < 1.29 is 19.1 Å². The van der Waals surface area contributed by atoms with Crippen LogP contribution >= 0.6 is 0 Å². The third-order valence-electron chi connectivity index (χ3n) is 6.29. The van der Waals surface area contributed by atoms with E-state index in [4.69, 9.17) is 9.15 Å². The number of hydrogen-bond acceptors (Lipinski definition) is 4. The van der Waals surface area contributed by atoms with E-state index in [-0.39, 0.29) is 23.3 Å². The molecule has 31 heavy (non-hydrogen) atoms. The fraction of sp³-hybridized carbons (Fsp3) is 0.577. The van der Waals surface area contributed by atoms with Crippen LogP contribution in [0.15, 0.2) is 34.7 Å². The van der Waals surface area contributed by atoms with Gasteiger partial charge in [0.1, 0.15) is 18.1 Å². The fourth-order valence-corrected chi connectivity index (χ4v) is 3.79. The topological polar surface area (TPSA) is 62.9 Å². The number of aliphatic hydroxyl groups excluding tert-OH is 1. The summed E-state index contributed by atoms with van der Waals surface area (Å²) in [5.41, 5.74) is 1.70. The Balaban J connectivity index is 2.40. The zero-order valence-corrected chi connectivity index (χ0v) is 20.4. The third-order valence-corrected chi connectivity index (χ3v) is 6.29. The first-order valence-electron chi connectivity index (χ1n) is 11.3. The minimum absolute atomic E-state index is 0.136. The van der Waals surface area contributed by atoms with Crippen molar-refractivity contribution in [3.05, 3.63) is 53.0 Å². The Morgan fingerprint density at radius 3 is 2.26 bits per heavy atom. The molecule has 2 rings (SSSR count). The van der Waals surface area contributed by atoms with Gasteiger partial charge in [-0.05, 0) is 54.0 Å². The van der Waals surface area contributed by atoms with E-state index in [9.17, 15) is 9.90 Å². The van der Waals surface area contributed by atoms with Crippen molar-refractivity contribution in [3.8, 4) is 5.75 Å². The van der Waals surface area contributed by atoms with Gasteiger partial charge in [-0.3, -0.25) is 4.79 Å². The van der Waals surface area contributed by atoms with Crippen LogP contribution in [-0.2, 0) is 11.8 Å². The second-order valence-electron chi connectivity index (χ2n) is 9.52. The first kappa shape index (κ1) is 25.0. The molecule has 0 bridgehead atoms. The van der Waals surface area contributed by atoms with Gasteiger partial charge in [0.2, 0.25) is 0 Å². The number of aryl methyl sites for hydroxylation is 1. The highest BCUT2D eigenvalue weighted by molar-refractivity contribution is 5.91. The molecule has 0 aliphatic heterocycles.